The molecule has 1 aromatic carbocycles. The molecule has 0 aliphatic heterocycles. The first-order valence-corrected chi connectivity index (χ1v) is 5.59. The number of benzene rings is 1. The highest BCUT2D eigenvalue weighted by molar-refractivity contribution is 5.73. The van der Waals surface area contributed by atoms with Crippen LogP contribution >= 0.6 is 0 Å². The molecular formula is C12H17N3O2. The third kappa shape index (κ3) is 2.40. The minimum Gasteiger partial charge on any atom is -0.408 e. The molecule has 2 N–H and O–H groups in total. The summed E-state index contributed by atoms with van der Waals surface area (Å²) in [5.74, 6) is -0.326. The molecule has 5 heteroatoms. The van der Waals surface area contributed by atoms with E-state index in [0.717, 1.165) is 24.2 Å². The zero-order valence-corrected chi connectivity index (χ0v) is 10.1. The predicted molar refractivity (Wildman–Crippen MR) is 66.8 cm³/mol. The molecule has 0 fully saturated rings. The quantitative estimate of drug-likeness (QED) is 0.839. The predicted octanol–water partition coefficient (Wildman–Crippen LogP) is 0.522. The van der Waals surface area contributed by atoms with Crippen LogP contribution in [0, 0.1) is 0 Å². The van der Waals surface area contributed by atoms with E-state index in [4.69, 9.17) is 10.2 Å². The van der Waals surface area contributed by atoms with Crippen molar-refractivity contribution in [3.63, 3.8) is 0 Å². The topological polar surface area (TPSA) is 64.4 Å². The molecule has 2 rings (SSSR count). The molecule has 0 radical (unpaired) electrons. The number of hydrogen-bond acceptors (Lipinski definition) is 4. The van der Waals surface area contributed by atoms with E-state index in [1.165, 1.54) is 4.57 Å². The van der Waals surface area contributed by atoms with Crippen LogP contribution in [0.3, 0.4) is 0 Å². The second-order valence-corrected chi connectivity index (χ2v) is 4.26. The number of oxazole rings is 1. The largest absolute Gasteiger partial charge is 0.419 e. The van der Waals surface area contributed by atoms with Gasteiger partial charge in [-0.1, -0.05) is 6.07 Å². The standard InChI is InChI=1S/C12H17N3O2/c1-14(6-5-13)8-9-3-4-11-10(7-9)15(2)12(16)17-11/h3-4,7H,5-6,8,13H2,1-2H3. The SMILES string of the molecule is CN(CCN)Cc1ccc2oc(=O)n(C)c2c1. The Kier molecular flexibility index (Phi) is 3.31. The lowest BCUT2D eigenvalue weighted by atomic mass is 10.2. The van der Waals surface area contributed by atoms with Gasteiger partial charge in [-0.25, -0.2) is 4.79 Å². The Bertz CT molecular complexity index is 571. The number of hydrogen-bond donors (Lipinski definition) is 1. The van der Waals surface area contributed by atoms with Gasteiger partial charge in [0.2, 0.25) is 0 Å². The van der Waals surface area contributed by atoms with E-state index in [1.807, 2.05) is 25.2 Å². The molecule has 0 saturated heterocycles. The van der Waals surface area contributed by atoms with Crippen molar-refractivity contribution in [3.8, 4) is 0 Å². The van der Waals surface area contributed by atoms with Gasteiger partial charge >= 0.3 is 5.76 Å². The first kappa shape index (κ1) is 11.9. The van der Waals surface area contributed by atoms with Gasteiger partial charge in [0.05, 0.1) is 5.52 Å². The van der Waals surface area contributed by atoms with Crippen molar-refractivity contribution in [1.29, 1.82) is 0 Å². The average molecular weight is 235 g/mol. The molecule has 0 unspecified atom stereocenters. The number of nitrogens with two attached hydrogens (primary N) is 1. The van der Waals surface area contributed by atoms with E-state index in [1.54, 1.807) is 7.05 Å². The normalized spacial score (nSPS) is 11.5. The van der Waals surface area contributed by atoms with Gasteiger partial charge in [-0.2, -0.15) is 0 Å². The number of likely N-dealkylation sites (N-methyl/N-ethyl adjacent to an activating group) is 1. The minimum atomic E-state index is -0.326. The summed E-state index contributed by atoms with van der Waals surface area (Å²) in [5.41, 5.74) is 8.10. The summed E-state index contributed by atoms with van der Waals surface area (Å²) in [6.07, 6.45) is 0. The minimum absolute atomic E-state index is 0.326. The first-order chi connectivity index (χ1) is 8.11. The van der Waals surface area contributed by atoms with E-state index < -0.39 is 0 Å². The summed E-state index contributed by atoms with van der Waals surface area (Å²) in [6.45, 7) is 2.30. The number of fused-ring (bicyclic) bond motifs is 1. The number of rotatable bonds is 4. The molecule has 0 aliphatic rings. The van der Waals surface area contributed by atoms with Crippen molar-refractivity contribution in [3.05, 3.63) is 34.3 Å². The Hall–Kier alpha value is -1.59. The zero-order valence-electron chi connectivity index (χ0n) is 10.1. The monoisotopic (exact) mass is 235 g/mol. The van der Waals surface area contributed by atoms with Crippen LogP contribution in [0.5, 0.6) is 0 Å². The summed E-state index contributed by atoms with van der Waals surface area (Å²) in [4.78, 5) is 13.5. The van der Waals surface area contributed by atoms with Crippen LogP contribution in [0.25, 0.3) is 11.1 Å². The number of aromatic nitrogens is 1. The van der Waals surface area contributed by atoms with Crippen molar-refractivity contribution in [2.75, 3.05) is 20.1 Å². The summed E-state index contributed by atoms with van der Waals surface area (Å²) >= 11 is 0. The summed E-state index contributed by atoms with van der Waals surface area (Å²) < 4.78 is 6.60. The van der Waals surface area contributed by atoms with Crippen molar-refractivity contribution in [2.45, 2.75) is 6.54 Å². The smallest absolute Gasteiger partial charge is 0.408 e. The van der Waals surface area contributed by atoms with E-state index >= 15 is 0 Å². The molecule has 92 valence electrons. The van der Waals surface area contributed by atoms with Crippen LogP contribution in [0.15, 0.2) is 27.4 Å². The molecule has 1 aromatic heterocycles. The summed E-state index contributed by atoms with van der Waals surface area (Å²) in [7, 11) is 3.73. The lowest BCUT2D eigenvalue weighted by molar-refractivity contribution is 0.336. The maximum Gasteiger partial charge on any atom is 0.419 e. The molecule has 0 spiro atoms. The van der Waals surface area contributed by atoms with Gasteiger partial charge < -0.3 is 15.1 Å². The third-order valence-electron chi connectivity index (χ3n) is 2.82. The Labute approximate surface area is 99.4 Å². The van der Waals surface area contributed by atoms with Crippen molar-refractivity contribution in [1.82, 2.24) is 9.47 Å². The van der Waals surface area contributed by atoms with Crippen LogP contribution in [-0.4, -0.2) is 29.6 Å². The lowest BCUT2D eigenvalue weighted by Gasteiger charge is -2.15. The van der Waals surface area contributed by atoms with Gasteiger partial charge in [0.15, 0.2) is 5.58 Å². The van der Waals surface area contributed by atoms with Gasteiger partial charge in [0.1, 0.15) is 0 Å². The van der Waals surface area contributed by atoms with Gasteiger partial charge in [0.25, 0.3) is 0 Å². The molecule has 0 amide bonds. The van der Waals surface area contributed by atoms with Gasteiger partial charge in [-0.05, 0) is 24.7 Å². The number of aryl methyl sites for hydroxylation is 1. The highest BCUT2D eigenvalue weighted by atomic mass is 16.4. The van der Waals surface area contributed by atoms with Gasteiger partial charge in [0, 0.05) is 26.7 Å². The average Bonchev–Trinajstić information content (AvgIpc) is 2.56. The fraction of sp³-hybridized carbons (Fsp3) is 0.417. The highest BCUT2D eigenvalue weighted by Crippen LogP contribution is 2.15. The first-order valence-electron chi connectivity index (χ1n) is 5.59. The lowest BCUT2D eigenvalue weighted by Crippen LogP contribution is -2.24. The van der Waals surface area contributed by atoms with Crippen LogP contribution < -0.4 is 11.5 Å². The molecule has 5 nitrogen and oxygen atoms in total. The molecule has 0 atom stereocenters. The third-order valence-corrected chi connectivity index (χ3v) is 2.82. The van der Waals surface area contributed by atoms with Crippen molar-refractivity contribution >= 4 is 11.1 Å². The second-order valence-electron chi connectivity index (χ2n) is 4.26. The Balaban J connectivity index is 2.31. The van der Waals surface area contributed by atoms with Crippen LogP contribution in [-0.2, 0) is 13.6 Å². The van der Waals surface area contributed by atoms with Crippen LogP contribution in [0.1, 0.15) is 5.56 Å². The van der Waals surface area contributed by atoms with Gasteiger partial charge in [-0.15, -0.1) is 0 Å². The summed E-state index contributed by atoms with van der Waals surface area (Å²) in [6, 6.07) is 5.79. The van der Waals surface area contributed by atoms with Crippen molar-refractivity contribution < 1.29 is 4.42 Å². The zero-order chi connectivity index (χ0) is 12.4. The molecule has 0 saturated carbocycles. The van der Waals surface area contributed by atoms with E-state index in [2.05, 4.69) is 4.90 Å². The summed E-state index contributed by atoms with van der Waals surface area (Å²) in [5, 5.41) is 0. The maximum absolute atomic E-state index is 11.3. The molecule has 2 aromatic rings. The second kappa shape index (κ2) is 4.73. The van der Waals surface area contributed by atoms with Crippen LogP contribution in [0.4, 0.5) is 0 Å². The van der Waals surface area contributed by atoms with E-state index in [0.29, 0.717) is 12.1 Å². The maximum atomic E-state index is 11.3. The van der Waals surface area contributed by atoms with Crippen LogP contribution in [0.2, 0.25) is 0 Å². The molecule has 1 heterocycles. The molecule has 0 bridgehead atoms. The van der Waals surface area contributed by atoms with E-state index in [9.17, 15) is 4.79 Å². The fourth-order valence-corrected chi connectivity index (χ4v) is 1.88. The number of nitrogens with zero attached hydrogens (tertiary/aromatic N) is 2. The Morgan fingerprint density at radius 3 is 2.94 bits per heavy atom. The van der Waals surface area contributed by atoms with E-state index in [-0.39, 0.29) is 5.76 Å². The van der Waals surface area contributed by atoms with Gasteiger partial charge in [-0.3, -0.25) is 4.57 Å². The Morgan fingerprint density at radius 1 is 1.47 bits per heavy atom. The molecule has 0 aliphatic carbocycles. The highest BCUT2D eigenvalue weighted by Gasteiger charge is 2.07. The van der Waals surface area contributed by atoms with Crippen molar-refractivity contribution in [2.24, 2.45) is 12.8 Å². The fourth-order valence-electron chi connectivity index (χ4n) is 1.88. The molecular weight excluding hydrogens is 218 g/mol. The molecule has 17 heavy (non-hydrogen) atoms. The Morgan fingerprint density at radius 2 is 2.24 bits per heavy atom.